The van der Waals surface area contributed by atoms with Gasteiger partial charge >= 0.3 is 5.97 Å². The first kappa shape index (κ1) is 20.2. The fraction of sp³-hybridized carbons (Fsp3) is 0.286. The summed E-state index contributed by atoms with van der Waals surface area (Å²) in [6, 6.07) is 11.1. The van der Waals surface area contributed by atoms with E-state index >= 15 is 0 Å². The number of esters is 1. The largest absolute Gasteiger partial charge is 0.459 e. The molecule has 8 heteroatoms. The van der Waals surface area contributed by atoms with Gasteiger partial charge in [0.05, 0.1) is 16.1 Å². The number of amides is 2. The van der Waals surface area contributed by atoms with Crippen LogP contribution in [0.25, 0.3) is 0 Å². The summed E-state index contributed by atoms with van der Waals surface area (Å²) in [6.07, 6.45) is 0.249. The molecule has 0 spiro atoms. The van der Waals surface area contributed by atoms with Crippen molar-refractivity contribution in [1.29, 1.82) is 0 Å². The lowest BCUT2D eigenvalue weighted by Gasteiger charge is -2.26. The maximum atomic E-state index is 12.8. The molecular formula is C21H20N2O6. The normalized spacial score (nSPS) is 14.1. The van der Waals surface area contributed by atoms with Crippen LogP contribution in [0, 0.1) is 16.0 Å². The number of carbonyl (C=O) groups excluding carboxylic acids is 3. The summed E-state index contributed by atoms with van der Waals surface area (Å²) in [4.78, 5) is 49.6. The molecular weight excluding hydrogens is 376 g/mol. The monoisotopic (exact) mass is 396 g/mol. The van der Waals surface area contributed by atoms with E-state index in [0.717, 1.165) is 4.90 Å². The minimum Gasteiger partial charge on any atom is -0.459 e. The molecule has 0 saturated carbocycles. The third-order valence-corrected chi connectivity index (χ3v) is 4.61. The van der Waals surface area contributed by atoms with Crippen LogP contribution < -0.4 is 0 Å². The zero-order valence-corrected chi connectivity index (χ0v) is 16.0. The van der Waals surface area contributed by atoms with Gasteiger partial charge < -0.3 is 4.74 Å². The lowest BCUT2D eigenvalue weighted by atomic mass is 10.0. The number of imide groups is 1. The van der Waals surface area contributed by atoms with Crippen molar-refractivity contribution in [1.82, 2.24) is 4.90 Å². The quantitative estimate of drug-likeness (QED) is 0.307. The number of hydrogen-bond donors (Lipinski definition) is 0. The summed E-state index contributed by atoms with van der Waals surface area (Å²) in [7, 11) is 0. The number of non-ortho nitro benzene ring substituents is 1. The average molecular weight is 396 g/mol. The van der Waals surface area contributed by atoms with Gasteiger partial charge in [0.1, 0.15) is 12.6 Å². The number of nitro benzene ring substituents is 1. The lowest BCUT2D eigenvalue weighted by molar-refractivity contribution is -0.384. The van der Waals surface area contributed by atoms with E-state index in [2.05, 4.69) is 0 Å². The third-order valence-electron chi connectivity index (χ3n) is 4.61. The highest BCUT2D eigenvalue weighted by molar-refractivity contribution is 6.22. The second kappa shape index (κ2) is 8.22. The Bertz CT molecular complexity index is 950. The summed E-state index contributed by atoms with van der Waals surface area (Å²) >= 11 is 0. The fourth-order valence-corrected chi connectivity index (χ4v) is 3.25. The predicted octanol–water partition coefficient (Wildman–Crippen LogP) is 3.35. The maximum absolute atomic E-state index is 12.8. The maximum Gasteiger partial charge on any atom is 0.329 e. The minimum atomic E-state index is -1.07. The smallest absolute Gasteiger partial charge is 0.329 e. The van der Waals surface area contributed by atoms with E-state index in [-0.39, 0.29) is 35.8 Å². The Morgan fingerprint density at radius 3 is 2.24 bits per heavy atom. The van der Waals surface area contributed by atoms with Gasteiger partial charge in [-0.25, -0.2) is 4.79 Å². The van der Waals surface area contributed by atoms with Crippen molar-refractivity contribution in [3.8, 4) is 0 Å². The number of benzene rings is 2. The fourth-order valence-electron chi connectivity index (χ4n) is 3.25. The predicted molar refractivity (Wildman–Crippen MR) is 103 cm³/mol. The summed E-state index contributed by atoms with van der Waals surface area (Å²) in [5, 5.41) is 10.9. The van der Waals surface area contributed by atoms with Crippen LogP contribution in [0.4, 0.5) is 5.69 Å². The van der Waals surface area contributed by atoms with Gasteiger partial charge in [-0.05, 0) is 30.0 Å². The van der Waals surface area contributed by atoms with E-state index in [1.54, 1.807) is 30.3 Å². The number of hydrogen-bond acceptors (Lipinski definition) is 6. The molecule has 1 atom stereocenters. The van der Waals surface area contributed by atoms with E-state index in [9.17, 15) is 24.5 Å². The van der Waals surface area contributed by atoms with Crippen LogP contribution in [0.5, 0.6) is 0 Å². The molecule has 0 aromatic heterocycles. The Morgan fingerprint density at radius 2 is 1.69 bits per heavy atom. The first-order valence-corrected chi connectivity index (χ1v) is 9.16. The van der Waals surface area contributed by atoms with Crippen molar-refractivity contribution in [2.75, 3.05) is 0 Å². The summed E-state index contributed by atoms with van der Waals surface area (Å²) in [5.41, 5.74) is 0.853. The highest BCUT2D eigenvalue weighted by Gasteiger charge is 2.43. The number of rotatable bonds is 7. The van der Waals surface area contributed by atoms with Crippen LogP contribution in [0.2, 0.25) is 0 Å². The second-order valence-corrected chi connectivity index (χ2v) is 7.21. The molecule has 29 heavy (non-hydrogen) atoms. The summed E-state index contributed by atoms with van der Waals surface area (Å²) in [5.74, 6) is -1.75. The van der Waals surface area contributed by atoms with Crippen LogP contribution in [0.3, 0.4) is 0 Å². The van der Waals surface area contributed by atoms with Crippen molar-refractivity contribution in [3.63, 3.8) is 0 Å². The molecule has 0 aliphatic carbocycles. The van der Waals surface area contributed by atoms with E-state index in [1.807, 2.05) is 13.8 Å². The minimum absolute atomic E-state index is 0.0228. The molecule has 1 aliphatic heterocycles. The average Bonchev–Trinajstić information content (AvgIpc) is 2.95. The molecule has 1 aliphatic rings. The second-order valence-electron chi connectivity index (χ2n) is 7.21. The van der Waals surface area contributed by atoms with Gasteiger partial charge in [0.15, 0.2) is 0 Å². The topological polar surface area (TPSA) is 107 Å². The molecule has 1 heterocycles. The van der Waals surface area contributed by atoms with Gasteiger partial charge in [-0.2, -0.15) is 0 Å². The number of carbonyl (C=O) groups is 3. The molecule has 0 saturated heterocycles. The van der Waals surface area contributed by atoms with Gasteiger partial charge in [-0.1, -0.05) is 38.1 Å². The number of nitrogens with zero attached hydrogens (tertiary/aromatic N) is 2. The van der Waals surface area contributed by atoms with Gasteiger partial charge in [0.25, 0.3) is 17.5 Å². The zero-order valence-electron chi connectivity index (χ0n) is 16.0. The molecule has 1 unspecified atom stereocenters. The van der Waals surface area contributed by atoms with Crippen LogP contribution in [-0.4, -0.2) is 33.6 Å². The van der Waals surface area contributed by atoms with Crippen LogP contribution >= 0.6 is 0 Å². The molecule has 8 nitrogen and oxygen atoms in total. The Morgan fingerprint density at radius 1 is 1.07 bits per heavy atom. The molecule has 150 valence electrons. The SMILES string of the molecule is CC(C)CC(C(=O)OCc1cccc([N+](=O)[O-])c1)N1C(=O)c2ccccc2C1=O. The van der Waals surface area contributed by atoms with E-state index in [0.29, 0.717) is 5.56 Å². The molecule has 0 radical (unpaired) electrons. The van der Waals surface area contributed by atoms with Crippen LogP contribution in [0.1, 0.15) is 46.5 Å². The number of ether oxygens (including phenoxy) is 1. The van der Waals surface area contributed by atoms with Crippen molar-refractivity contribution < 1.29 is 24.0 Å². The zero-order chi connectivity index (χ0) is 21.1. The molecule has 0 fully saturated rings. The number of fused-ring (bicyclic) bond motifs is 1. The van der Waals surface area contributed by atoms with Crippen molar-refractivity contribution in [3.05, 3.63) is 75.3 Å². The number of nitro groups is 1. The van der Waals surface area contributed by atoms with Crippen LogP contribution in [0.15, 0.2) is 48.5 Å². The summed E-state index contributed by atoms with van der Waals surface area (Å²) < 4.78 is 5.33. The standard InChI is InChI=1S/C21H20N2O6/c1-13(2)10-18(22-19(24)16-8-3-4-9-17(16)20(22)25)21(26)29-12-14-6-5-7-15(11-14)23(27)28/h3-9,11,13,18H,10,12H2,1-2H3. The lowest BCUT2D eigenvalue weighted by Crippen LogP contribution is -2.46. The van der Waals surface area contributed by atoms with Crippen LogP contribution in [-0.2, 0) is 16.1 Å². The Kier molecular flexibility index (Phi) is 5.72. The first-order chi connectivity index (χ1) is 13.8. The van der Waals surface area contributed by atoms with E-state index in [1.165, 1.54) is 18.2 Å². The molecule has 2 aromatic carbocycles. The first-order valence-electron chi connectivity index (χ1n) is 9.16. The highest BCUT2D eigenvalue weighted by atomic mass is 16.6. The Labute approximate surface area is 167 Å². The molecule has 0 bridgehead atoms. The van der Waals surface area contributed by atoms with Crippen molar-refractivity contribution >= 4 is 23.5 Å². The highest BCUT2D eigenvalue weighted by Crippen LogP contribution is 2.27. The molecule has 3 rings (SSSR count). The van der Waals surface area contributed by atoms with Gasteiger partial charge in [-0.15, -0.1) is 0 Å². The summed E-state index contributed by atoms with van der Waals surface area (Å²) in [6.45, 7) is 3.55. The Hall–Kier alpha value is -3.55. The van der Waals surface area contributed by atoms with Gasteiger partial charge in [0.2, 0.25) is 0 Å². The molecule has 0 N–H and O–H groups in total. The van der Waals surface area contributed by atoms with Gasteiger partial charge in [0, 0.05) is 12.1 Å². The van der Waals surface area contributed by atoms with Gasteiger partial charge in [-0.3, -0.25) is 24.6 Å². The van der Waals surface area contributed by atoms with E-state index < -0.39 is 28.7 Å². The molecule has 2 amide bonds. The molecule has 2 aromatic rings. The Balaban J connectivity index is 1.80. The van der Waals surface area contributed by atoms with Crippen molar-refractivity contribution in [2.24, 2.45) is 5.92 Å². The van der Waals surface area contributed by atoms with E-state index in [4.69, 9.17) is 4.74 Å². The third kappa shape index (κ3) is 4.16. The van der Waals surface area contributed by atoms with Crippen molar-refractivity contribution in [2.45, 2.75) is 32.9 Å².